The van der Waals surface area contributed by atoms with Gasteiger partial charge in [0.05, 0.1) is 11.1 Å². The van der Waals surface area contributed by atoms with E-state index in [-0.39, 0.29) is 23.0 Å². The summed E-state index contributed by atoms with van der Waals surface area (Å²) < 4.78 is 26.1. The second kappa shape index (κ2) is 3.75. The maximum absolute atomic E-state index is 11.7. The Bertz CT molecular complexity index is 362. The zero-order valence-electron chi connectivity index (χ0n) is 8.57. The molecule has 2 fully saturated rings. The van der Waals surface area contributed by atoms with Crippen molar-refractivity contribution in [2.24, 2.45) is 11.7 Å². The molecule has 15 heavy (non-hydrogen) atoms. The molecule has 0 aliphatic heterocycles. The summed E-state index contributed by atoms with van der Waals surface area (Å²) in [5, 5.41) is 7.21. The van der Waals surface area contributed by atoms with Gasteiger partial charge in [-0.25, -0.2) is 13.1 Å². The normalized spacial score (nSPS) is 31.7. The third kappa shape index (κ3) is 2.31. The lowest BCUT2D eigenvalue weighted by molar-refractivity contribution is 0.520. The Labute approximate surface area is 90.0 Å². The molecule has 0 amide bonds. The summed E-state index contributed by atoms with van der Waals surface area (Å²) in [5.41, 5.74) is 5.45. The minimum Gasteiger partial charge on any atom is -0.387 e. The van der Waals surface area contributed by atoms with E-state index in [0.717, 1.165) is 32.1 Å². The summed E-state index contributed by atoms with van der Waals surface area (Å²) in [5.74, 6) is 0.00882. The highest BCUT2D eigenvalue weighted by molar-refractivity contribution is 7.90. The Balaban J connectivity index is 2.01. The molecule has 2 atom stereocenters. The highest BCUT2D eigenvalue weighted by Crippen LogP contribution is 2.31. The largest absolute Gasteiger partial charge is 0.387 e. The van der Waals surface area contributed by atoms with E-state index in [1.54, 1.807) is 0 Å². The molecule has 5 nitrogen and oxygen atoms in total. The van der Waals surface area contributed by atoms with E-state index in [9.17, 15) is 8.42 Å². The van der Waals surface area contributed by atoms with Gasteiger partial charge in [0, 0.05) is 12.0 Å². The quantitative estimate of drug-likeness (QED) is 0.475. The first-order valence-corrected chi connectivity index (χ1v) is 6.90. The molecular weight excluding hydrogens is 214 g/mol. The predicted molar refractivity (Wildman–Crippen MR) is 58.1 cm³/mol. The molecule has 0 aromatic carbocycles. The van der Waals surface area contributed by atoms with Crippen LogP contribution in [0.4, 0.5) is 0 Å². The van der Waals surface area contributed by atoms with Crippen LogP contribution in [-0.2, 0) is 10.0 Å². The van der Waals surface area contributed by atoms with Crippen molar-refractivity contribution >= 4 is 15.9 Å². The number of nitrogens with two attached hydrogens (primary N) is 1. The Kier molecular flexibility index (Phi) is 2.72. The maximum Gasteiger partial charge on any atom is 0.214 e. The van der Waals surface area contributed by atoms with Gasteiger partial charge >= 0.3 is 0 Å². The molecule has 2 rings (SSSR count). The van der Waals surface area contributed by atoms with Gasteiger partial charge in [0.15, 0.2) is 0 Å². The zero-order valence-corrected chi connectivity index (χ0v) is 9.39. The number of amidine groups is 1. The average Bonchev–Trinajstić information content (AvgIpc) is 2.88. The Morgan fingerprint density at radius 1 is 1.27 bits per heavy atom. The van der Waals surface area contributed by atoms with Crippen LogP contribution in [0.5, 0.6) is 0 Å². The summed E-state index contributed by atoms with van der Waals surface area (Å²) in [6, 6.07) is -0.145. The van der Waals surface area contributed by atoms with Gasteiger partial charge in [-0.15, -0.1) is 0 Å². The van der Waals surface area contributed by atoms with Gasteiger partial charge in [0.25, 0.3) is 0 Å². The summed E-state index contributed by atoms with van der Waals surface area (Å²) in [6.07, 6.45) is 4.12. The van der Waals surface area contributed by atoms with E-state index in [2.05, 4.69) is 4.72 Å². The second-order valence-electron chi connectivity index (χ2n) is 4.46. The molecule has 0 saturated heterocycles. The van der Waals surface area contributed by atoms with Crippen LogP contribution in [-0.4, -0.2) is 25.5 Å². The van der Waals surface area contributed by atoms with Crippen LogP contribution >= 0.6 is 0 Å². The van der Waals surface area contributed by atoms with Gasteiger partial charge in [-0.3, -0.25) is 5.41 Å². The maximum atomic E-state index is 11.7. The summed E-state index contributed by atoms with van der Waals surface area (Å²) in [7, 11) is -3.14. The van der Waals surface area contributed by atoms with Crippen LogP contribution in [0.15, 0.2) is 0 Å². The number of nitrogens with one attached hydrogen (secondary N) is 2. The van der Waals surface area contributed by atoms with E-state index < -0.39 is 10.0 Å². The highest BCUT2D eigenvalue weighted by atomic mass is 32.2. The topological polar surface area (TPSA) is 96.0 Å². The van der Waals surface area contributed by atoms with E-state index >= 15 is 0 Å². The van der Waals surface area contributed by atoms with Crippen molar-refractivity contribution in [2.45, 2.75) is 43.4 Å². The number of hydrogen-bond donors (Lipinski definition) is 3. The van der Waals surface area contributed by atoms with E-state index in [1.165, 1.54) is 0 Å². The van der Waals surface area contributed by atoms with Crippen molar-refractivity contribution in [3.63, 3.8) is 0 Å². The van der Waals surface area contributed by atoms with Crippen LogP contribution < -0.4 is 10.5 Å². The molecule has 2 aliphatic carbocycles. The highest BCUT2D eigenvalue weighted by Gasteiger charge is 2.40. The van der Waals surface area contributed by atoms with E-state index in [1.807, 2.05) is 0 Å². The fourth-order valence-corrected chi connectivity index (χ4v) is 3.81. The van der Waals surface area contributed by atoms with E-state index in [0.29, 0.717) is 0 Å². The van der Waals surface area contributed by atoms with Crippen molar-refractivity contribution in [3.05, 3.63) is 0 Å². The first-order valence-electron chi connectivity index (χ1n) is 5.36. The predicted octanol–water partition coefficient (Wildman–Crippen LogP) is 0.173. The molecule has 0 heterocycles. The van der Waals surface area contributed by atoms with Gasteiger partial charge in [0.2, 0.25) is 10.0 Å². The lowest BCUT2D eigenvalue weighted by Gasteiger charge is -2.19. The van der Waals surface area contributed by atoms with Crippen molar-refractivity contribution < 1.29 is 8.42 Å². The van der Waals surface area contributed by atoms with Crippen molar-refractivity contribution in [2.75, 3.05) is 0 Å². The molecule has 0 aromatic heterocycles. The van der Waals surface area contributed by atoms with Crippen LogP contribution in [0.25, 0.3) is 0 Å². The van der Waals surface area contributed by atoms with E-state index in [4.69, 9.17) is 11.1 Å². The average molecular weight is 231 g/mol. The molecule has 0 radical (unpaired) electrons. The Morgan fingerprint density at radius 2 is 1.93 bits per heavy atom. The fourth-order valence-electron chi connectivity index (χ4n) is 2.16. The molecule has 4 N–H and O–H groups in total. The lowest BCUT2D eigenvalue weighted by atomic mass is 10.0. The molecular formula is C9H17N3O2S. The first kappa shape index (κ1) is 10.9. The van der Waals surface area contributed by atoms with Gasteiger partial charge in [-0.05, 0) is 25.7 Å². The van der Waals surface area contributed by atoms with Crippen molar-refractivity contribution in [3.8, 4) is 0 Å². The van der Waals surface area contributed by atoms with Gasteiger partial charge in [-0.1, -0.05) is 6.42 Å². The summed E-state index contributed by atoms with van der Waals surface area (Å²) in [4.78, 5) is 0. The Morgan fingerprint density at radius 3 is 2.47 bits per heavy atom. The third-order valence-corrected chi connectivity index (χ3v) is 5.17. The molecule has 2 saturated carbocycles. The molecule has 2 unspecified atom stereocenters. The minimum atomic E-state index is -3.14. The van der Waals surface area contributed by atoms with Gasteiger partial charge in [0.1, 0.15) is 0 Å². The standard InChI is InChI=1S/C9H17N3O2S/c10-9(11)7-2-1-3-8(7)12-15(13,14)6-4-5-6/h6-8,12H,1-5H2,(H3,10,11). The molecule has 2 aliphatic rings. The van der Waals surface area contributed by atoms with Crippen LogP contribution in [0.3, 0.4) is 0 Å². The smallest absolute Gasteiger partial charge is 0.214 e. The van der Waals surface area contributed by atoms with Crippen LogP contribution in [0, 0.1) is 11.3 Å². The van der Waals surface area contributed by atoms with Crippen molar-refractivity contribution in [1.82, 2.24) is 4.72 Å². The number of hydrogen-bond acceptors (Lipinski definition) is 3. The summed E-state index contributed by atoms with van der Waals surface area (Å²) >= 11 is 0. The number of sulfonamides is 1. The molecule has 0 aromatic rings. The molecule has 0 bridgehead atoms. The monoisotopic (exact) mass is 231 g/mol. The molecule has 6 heteroatoms. The third-order valence-electron chi connectivity index (χ3n) is 3.19. The molecule has 0 spiro atoms. The van der Waals surface area contributed by atoms with Crippen LogP contribution in [0.1, 0.15) is 32.1 Å². The van der Waals surface area contributed by atoms with Gasteiger partial charge < -0.3 is 5.73 Å². The lowest BCUT2D eigenvalue weighted by Crippen LogP contribution is -2.43. The first-order chi connectivity index (χ1) is 7.00. The summed E-state index contributed by atoms with van der Waals surface area (Å²) in [6.45, 7) is 0. The zero-order chi connectivity index (χ0) is 11.1. The SMILES string of the molecule is N=C(N)C1CCCC1NS(=O)(=O)C1CC1. The van der Waals surface area contributed by atoms with Crippen molar-refractivity contribution in [1.29, 1.82) is 5.41 Å². The Hall–Kier alpha value is -0.620. The number of rotatable bonds is 4. The van der Waals surface area contributed by atoms with Crippen LogP contribution in [0.2, 0.25) is 0 Å². The van der Waals surface area contributed by atoms with Gasteiger partial charge in [-0.2, -0.15) is 0 Å². The molecule has 86 valence electrons. The second-order valence-corrected chi connectivity index (χ2v) is 6.45. The fraction of sp³-hybridized carbons (Fsp3) is 0.889. The minimum absolute atomic E-state index is 0.0986.